The van der Waals surface area contributed by atoms with E-state index < -0.39 is 0 Å². The van der Waals surface area contributed by atoms with Crippen LogP contribution in [0, 0.1) is 0 Å². The molecular weight excluding hydrogens is 221 g/mol. The Balaban J connectivity index is 2.26. The molecular formula is C9H11Cl2N3. The zero-order chi connectivity index (χ0) is 9.97. The first-order valence-corrected chi connectivity index (χ1v) is 5.45. The van der Waals surface area contributed by atoms with Gasteiger partial charge in [-0.05, 0) is 19.3 Å². The van der Waals surface area contributed by atoms with Gasteiger partial charge in [0.1, 0.15) is 11.3 Å². The van der Waals surface area contributed by atoms with Crippen LogP contribution >= 0.6 is 23.2 Å². The van der Waals surface area contributed by atoms with Crippen LogP contribution in [0.2, 0.25) is 10.2 Å². The van der Waals surface area contributed by atoms with Crippen LogP contribution < -0.4 is 4.90 Å². The van der Waals surface area contributed by atoms with Gasteiger partial charge in [0.15, 0.2) is 11.0 Å². The largest absolute Gasteiger partial charge is 0.355 e. The topological polar surface area (TPSA) is 29.0 Å². The minimum atomic E-state index is 0.335. The molecule has 0 amide bonds. The molecule has 1 aliphatic heterocycles. The predicted octanol–water partition coefficient (Wildman–Crippen LogP) is 2.77. The highest BCUT2D eigenvalue weighted by Gasteiger charge is 2.16. The summed E-state index contributed by atoms with van der Waals surface area (Å²) in [6.45, 7) is 2.01. The molecule has 5 heteroatoms. The summed E-state index contributed by atoms with van der Waals surface area (Å²) in [4.78, 5) is 10.2. The Kier molecular flexibility index (Phi) is 3.08. The first-order valence-electron chi connectivity index (χ1n) is 4.70. The normalized spacial score (nSPS) is 17.1. The number of rotatable bonds is 1. The number of nitrogens with zero attached hydrogens (tertiary/aromatic N) is 3. The van der Waals surface area contributed by atoms with Crippen LogP contribution in [-0.2, 0) is 0 Å². The van der Waals surface area contributed by atoms with Crippen LogP contribution in [0.25, 0.3) is 0 Å². The van der Waals surface area contributed by atoms with Crippen molar-refractivity contribution in [1.29, 1.82) is 0 Å². The second-order valence-electron chi connectivity index (χ2n) is 3.35. The summed E-state index contributed by atoms with van der Waals surface area (Å²) < 4.78 is 0. The summed E-state index contributed by atoms with van der Waals surface area (Å²) in [6.07, 6.45) is 5.13. The molecule has 0 atom stereocenters. The Morgan fingerprint density at radius 1 is 1.07 bits per heavy atom. The van der Waals surface area contributed by atoms with E-state index in [9.17, 15) is 0 Å². The monoisotopic (exact) mass is 231 g/mol. The lowest BCUT2D eigenvalue weighted by atomic mass is 10.1. The molecule has 0 radical (unpaired) electrons. The van der Waals surface area contributed by atoms with E-state index in [2.05, 4.69) is 14.9 Å². The standard InChI is InChI=1S/C9H11Cl2N3/c10-7-8(11)12-6-13-9(7)14-4-2-1-3-5-14/h6H,1-5H2. The fourth-order valence-corrected chi connectivity index (χ4v) is 2.01. The average molecular weight is 232 g/mol. The molecule has 0 saturated carbocycles. The molecule has 1 aliphatic rings. The van der Waals surface area contributed by atoms with Crippen molar-refractivity contribution in [3.8, 4) is 0 Å². The van der Waals surface area contributed by atoms with E-state index >= 15 is 0 Å². The second-order valence-corrected chi connectivity index (χ2v) is 4.09. The predicted molar refractivity (Wildman–Crippen MR) is 58.1 cm³/mol. The molecule has 14 heavy (non-hydrogen) atoms. The molecule has 0 spiro atoms. The maximum Gasteiger partial charge on any atom is 0.153 e. The molecule has 0 aromatic carbocycles. The minimum Gasteiger partial charge on any atom is -0.355 e. The maximum absolute atomic E-state index is 6.03. The Morgan fingerprint density at radius 2 is 1.79 bits per heavy atom. The van der Waals surface area contributed by atoms with Gasteiger partial charge in [0.25, 0.3) is 0 Å². The molecule has 0 unspecified atom stereocenters. The van der Waals surface area contributed by atoms with Gasteiger partial charge in [-0.3, -0.25) is 0 Å². The highest BCUT2D eigenvalue weighted by atomic mass is 35.5. The lowest BCUT2D eigenvalue weighted by Gasteiger charge is -2.28. The van der Waals surface area contributed by atoms with Crippen molar-refractivity contribution in [2.75, 3.05) is 18.0 Å². The SMILES string of the molecule is Clc1ncnc(N2CCCCC2)c1Cl. The van der Waals surface area contributed by atoms with Gasteiger partial charge >= 0.3 is 0 Å². The fourth-order valence-electron chi connectivity index (χ4n) is 1.67. The third kappa shape index (κ3) is 1.93. The number of halogens is 2. The zero-order valence-electron chi connectivity index (χ0n) is 7.71. The zero-order valence-corrected chi connectivity index (χ0v) is 9.22. The van der Waals surface area contributed by atoms with Crippen molar-refractivity contribution >= 4 is 29.0 Å². The Bertz CT molecular complexity index is 324. The van der Waals surface area contributed by atoms with Gasteiger partial charge < -0.3 is 4.90 Å². The summed E-state index contributed by atoms with van der Waals surface area (Å²) in [5.41, 5.74) is 0. The minimum absolute atomic E-state index is 0.335. The van der Waals surface area contributed by atoms with Crippen molar-refractivity contribution in [1.82, 2.24) is 9.97 Å². The number of anilines is 1. The van der Waals surface area contributed by atoms with E-state index in [1.807, 2.05) is 0 Å². The number of hydrogen-bond donors (Lipinski definition) is 0. The van der Waals surface area contributed by atoms with Crippen LogP contribution in [0.1, 0.15) is 19.3 Å². The van der Waals surface area contributed by atoms with Crippen molar-refractivity contribution in [2.45, 2.75) is 19.3 Å². The molecule has 0 bridgehead atoms. The molecule has 1 saturated heterocycles. The van der Waals surface area contributed by atoms with Gasteiger partial charge in [0, 0.05) is 13.1 Å². The molecule has 76 valence electrons. The highest BCUT2D eigenvalue weighted by Crippen LogP contribution is 2.29. The second kappa shape index (κ2) is 4.32. The van der Waals surface area contributed by atoms with E-state index in [0.717, 1.165) is 18.9 Å². The van der Waals surface area contributed by atoms with Crippen LogP contribution in [0.4, 0.5) is 5.82 Å². The van der Waals surface area contributed by atoms with E-state index in [0.29, 0.717) is 10.2 Å². The molecule has 3 nitrogen and oxygen atoms in total. The molecule has 2 rings (SSSR count). The summed E-state index contributed by atoms with van der Waals surface area (Å²) >= 11 is 11.9. The van der Waals surface area contributed by atoms with Gasteiger partial charge in [-0.2, -0.15) is 0 Å². The lowest BCUT2D eigenvalue weighted by molar-refractivity contribution is 0.573. The fraction of sp³-hybridized carbons (Fsp3) is 0.556. The van der Waals surface area contributed by atoms with Gasteiger partial charge in [-0.25, -0.2) is 9.97 Å². The lowest BCUT2D eigenvalue weighted by Crippen LogP contribution is -2.30. The molecule has 0 N–H and O–H groups in total. The van der Waals surface area contributed by atoms with Crippen LogP contribution in [-0.4, -0.2) is 23.1 Å². The third-order valence-corrected chi connectivity index (χ3v) is 3.12. The van der Waals surface area contributed by atoms with Crippen LogP contribution in [0.5, 0.6) is 0 Å². The first-order chi connectivity index (χ1) is 6.79. The summed E-state index contributed by atoms with van der Waals surface area (Å²) in [5, 5.41) is 0.804. The molecule has 1 fully saturated rings. The maximum atomic E-state index is 6.03. The van der Waals surface area contributed by atoms with Crippen LogP contribution in [0.3, 0.4) is 0 Å². The Labute approximate surface area is 93.1 Å². The highest BCUT2D eigenvalue weighted by molar-refractivity contribution is 6.42. The van der Waals surface area contributed by atoms with Crippen molar-refractivity contribution in [3.63, 3.8) is 0 Å². The van der Waals surface area contributed by atoms with Gasteiger partial charge in [-0.1, -0.05) is 23.2 Å². The summed E-state index contributed by atoms with van der Waals surface area (Å²) in [5.74, 6) is 0.770. The van der Waals surface area contributed by atoms with E-state index in [-0.39, 0.29) is 0 Å². The van der Waals surface area contributed by atoms with Crippen molar-refractivity contribution in [3.05, 3.63) is 16.5 Å². The quantitative estimate of drug-likeness (QED) is 0.697. The van der Waals surface area contributed by atoms with Gasteiger partial charge in [-0.15, -0.1) is 0 Å². The molecule has 0 aliphatic carbocycles. The number of hydrogen-bond acceptors (Lipinski definition) is 3. The molecule has 1 aromatic heterocycles. The van der Waals surface area contributed by atoms with Gasteiger partial charge in [0.2, 0.25) is 0 Å². The molecule has 1 aromatic rings. The van der Waals surface area contributed by atoms with Gasteiger partial charge in [0.05, 0.1) is 0 Å². The van der Waals surface area contributed by atoms with Crippen molar-refractivity contribution < 1.29 is 0 Å². The Hall–Kier alpha value is -0.540. The summed E-state index contributed by atoms with van der Waals surface area (Å²) in [7, 11) is 0. The first kappa shape index (κ1) is 9.99. The molecule has 2 heterocycles. The number of piperidine rings is 1. The van der Waals surface area contributed by atoms with E-state index in [4.69, 9.17) is 23.2 Å². The van der Waals surface area contributed by atoms with E-state index in [1.54, 1.807) is 0 Å². The third-order valence-electron chi connectivity index (χ3n) is 2.38. The Morgan fingerprint density at radius 3 is 2.50 bits per heavy atom. The van der Waals surface area contributed by atoms with E-state index in [1.165, 1.54) is 25.6 Å². The smallest absolute Gasteiger partial charge is 0.153 e. The average Bonchev–Trinajstić information content (AvgIpc) is 2.23. The van der Waals surface area contributed by atoms with Crippen molar-refractivity contribution in [2.24, 2.45) is 0 Å². The summed E-state index contributed by atoms with van der Waals surface area (Å²) in [6, 6.07) is 0. The number of aromatic nitrogens is 2. The van der Waals surface area contributed by atoms with Crippen LogP contribution in [0.15, 0.2) is 6.33 Å².